The SMILES string of the molecule is CCn1nccc1CNCc1c(C)noc1C. The van der Waals surface area contributed by atoms with Crippen LogP contribution in [0.2, 0.25) is 0 Å². The van der Waals surface area contributed by atoms with E-state index in [2.05, 4.69) is 22.5 Å². The summed E-state index contributed by atoms with van der Waals surface area (Å²) in [4.78, 5) is 0. The Labute approximate surface area is 101 Å². The Bertz CT molecular complexity index is 467. The third-order valence-corrected chi connectivity index (χ3v) is 2.89. The monoisotopic (exact) mass is 234 g/mol. The molecule has 0 radical (unpaired) electrons. The minimum absolute atomic E-state index is 0.774. The first kappa shape index (κ1) is 11.9. The van der Waals surface area contributed by atoms with Crippen molar-refractivity contribution in [3.8, 4) is 0 Å². The summed E-state index contributed by atoms with van der Waals surface area (Å²) in [6.45, 7) is 8.46. The van der Waals surface area contributed by atoms with Crippen LogP contribution < -0.4 is 5.32 Å². The molecule has 2 aromatic rings. The molecule has 0 saturated heterocycles. The van der Waals surface area contributed by atoms with E-state index in [-0.39, 0.29) is 0 Å². The Hall–Kier alpha value is -1.62. The Morgan fingerprint density at radius 2 is 2.18 bits per heavy atom. The van der Waals surface area contributed by atoms with Crippen molar-refractivity contribution >= 4 is 0 Å². The van der Waals surface area contributed by atoms with Crippen molar-refractivity contribution in [2.75, 3.05) is 0 Å². The van der Waals surface area contributed by atoms with E-state index in [1.54, 1.807) is 0 Å². The van der Waals surface area contributed by atoms with E-state index in [1.165, 1.54) is 5.69 Å². The van der Waals surface area contributed by atoms with Crippen molar-refractivity contribution in [3.05, 3.63) is 35.0 Å². The second kappa shape index (κ2) is 5.14. The van der Waals surface area contributed by atoms with Crippen molar-refractivity contribution in [2.24, 2.45) is 0 Å². The standard InChI is InChI=1S/C12H18N4O/c1-4-16-11(5-6-14-16)7-13-8-12-9(2)15-17-10(12)3/h5-6,13H,4,7-8H2,1-3H3. The van der Waals surface area contributed by atoms with Gasteiger partial charge in [-0.3, -0.25) is 4.68 Å². The highest BCUT2D eigenvalue weighted by atomic mass is 16.5. The van der Waals surface area contributed by atoms with E-state index in [0.717, 1.165) is 36.7 Å². The summed E-state index contributed by atoms with van der Waals surface area (Å²) in [5.41, 5.74) is 3.30. The van der Waals surface area contributed by atoms with Crippen LogP contribution in [0.15, 0.2) is 16.8 Å². The van der Waals surface area contributed by atoms with Crippen molar-refractivity contribution in [1.29, 1.82) is 0 Å². The highest BCUT2D eigenvalue weighted by Gasteiger charge is 2.08. The molecule has 0 fully saturated rings. The molecule has 0 saturated carbocycles. The first-order valence-corrected chi connectivity index (χ1v) is 5.85. The lowest BCUT2D eigenvalue weighted by Gasteiger charge is -2.06. The molecule has 0 atom stereocenters. The maximum atomic E-state index is 5.12. The van der Waals surface area contributed by atoms with Crippen molar-refractivity contribution in [2.45, 2.75) is 40.4 Å². The van der Waals surface area contributed by atoms with Gasteiger partial charge in [-0.25, -0.2) is 0 Å². The third kappa shape index (κ3) is 2.55. The summed E-state index contributed by atoms with van der Waals surface area (Å²) in [5.74, 6) is 0.888. The molecule has 0 amide bonds. The number of nitrogens with zero attached hydrogens (tertiary/aromatic N) is 3. The van der Waals surface area contributed by atoms with Gasteiger partial charge in [0.05, 0.1) is 11.4 Å². The van der Waals surface area contributed by atoms with Gasteiger partial charge in [0.1, 0.15) is 5.76 Å². The van der Waals surface area contributed by atoms with Crippen molar-refractivity contribution < 1.29 is 4.52 Å². The van der Waals surface area contributed by atoms with Crippen molar-refractivity contribution in [1.82, 2.24) is 20.3 Å². The smallest absolute Gasteiger partial charge is 0.138 e. The normalized spacial score (nSPS) is 11.0. The second-order valence-corrected chi connectivity index (χ2v) is 4.04. The molecule has 17 heavy (non-hydrogen) atoms. The largest absolute Gasteiger partial charge is 0.361 e. The molecule has 0 spiro atoms. The molecule has 0 aliphatic carbocycles. The maximum Gasteiger partial charge on any atom is 0.138 e. The number of aryl methyl sites for hydroxylation is 3. The van der Waals surface area contributed by atoms with E-state index in [1.807, 2.05) is 30.8 Å². The fourth-order valence-corrected chi connectivity index (χ4v) is 1.86. The van der Waals surface area contributed by atoms with E-state index in [0.29, 0.717) is 0 Å². The molecule has 2 heterocycles. The van der Waals surface area contributed by atoms with Crippen LogP contribution in [-0.4, -0.2) is 14.9 Å². The summed E-state index contributed by atoms with van der Waals surface area (Å²) in [6, 6.07) is 2.03. The van der Waals surface area contributed by atoms with Crippen LogP contribution in [0.4, 0.5) is 0 Å². The third-order valence-electron chi connectivity index (χ3n) is 2.89. The lowest BCUT2D eigenvalue weighted by atomic mass is 10.2. The number of hydrogen-bond acceptors (Lipinski definition) is 4. The van der Waals surface area contributed by atoms with Crippen molar-refractivity contribution in [3.63, 3.8) is 0 Å². The Balaban J connectivity index is 1.92. The fraction of sp³-hybridized carbons (Fsp3) is 0.500. The van der Waals surface area contributed by atoms with Gasteiger partial charge in [0.25, 0.3) is 0 Å². The van der Waals surface area contributed by atoms with Crippen LogP contribution in [0.1, 0.15) is 29.6 Å². The summed E-state index contributed by atoms with van der Waals surface area (Å²) < 4.78 is 7.11. The van der Waals surface area contributed by atoms with E-state index in [9.17, 15) is 0 Å². The molecule has 2 aromatic heterocycles. The topological polar surface area (TPSA) is 55.9 Å². The average molecular weight is 234 g/mol. The minimum atomic E-state index is 0.774. The highest BCUT2D eigenvalue weighted by molar-refractivity contribution is 5.20. The van der Waals surface area contributed by atoms with Gasteiger partial charge < -0.3 is 9.84 Å². The number of aromatic nitrogens is 3. The zero-order chi connectivity index (χ0) is 12.3. The van der Waals surface area contributed by atoms with Crippen LogP contribution in [0.5, 0.6) is 0 Å². The molecule has 0 aliphatic rings. The fourth-order valence-electron chi connectivity index (χ4n) is 1.86. The maximum absolute atomic E-state index is 5.12. The molecule has 0 unspecified atom stereocenters. The quantitative estimate of drug-likeness (QED) is 0.857. The van der Waals surface area contributed by atoms with Gasteiger partial charge in [-0.15, -0.1) is 0 Å². The Morgan fingerprint density at radius 1 is 1.35 bits per heavy atom. The summed E-state index contributed by atoms with van der Waals surface area (Å²) in [7, 11) is 0. The predicted molar refractivity (Wildman–Crippen MR) is 64.4 cm³/mol. The lowest BCUT2D eigenvalue weighted by molar-refractivity contribution is 0.391. The predicted octanol–water partition coefficient (Wildman–Crippen LogP) is 1.80. The van der Waals surface area contributed by atoms with E-state index >= 15 is 0 Å². The average Bonchev–Trinajstić information content (AvgIpc) is 2.89. The number of rotatable bonds is 5. The first-order valence-electron chi connectivity index (χ1n) is 5.85. The van der Waals surface area contributed by atoms with Gasteiger partial charge in [0.15, 0.2) is 0 Å². The van der Waals surface area contributed by atoms with Crippen LogP contribution in [0.25, 0.3) is 0 Å². The van der Waals surface area contributed by atoms with E-state index in [4.69, 9.17) is 4.52 Å². The Morgan fingerprint density at radius 3 is 2.82 bits per heavy atom. The molecular formula is C12H18N4O. The molecular weight excluding hydrogens is 216 g/mol. The van der Waals surface area contributed by atoms with E-state index < -0.39 is 0 Å². The summed E-state index contributed by atoms with van der Waals surface area (Å²) >= 11 is 0. The zero-order valence-electron chi connectivity index (χ0n) is 10.5. The molecule has 0 bridgehead atoms. The minimum Gasteiger partial charge on any atom is -0.361 e. The van der Waals surface area contributed by atoms with Gasteiger partial charge in [0, 0.05) is 31.4 Å². The molecule has 2 rings (SSSR count). The highest BCUT2D eigenvalue weighted by Crippen LogP contribution is 2.11. The number of hydrogen-bond donors (Lipinski definition) is 1. The molecule has 5 heteroatoms. The van der Waals surface area contributed by atoms with Gasteiger partial charge in [0.2, 0.25) is 0 Å². The molecule has 5 nitrogen and oxygen atoms in total. The molecule has 0 aromatic carbocycles. The summed E-state index contributed by atoms with van der Waals surface area (Å²) in [5, 5.41) is 11.5. The summed E-state index contributed by atoms with van der Waals surface area (Å²) in [6.07, 6.45) is 1.83. The lowest BCUT2D eigenvalue weighted by Crippen LogP contribution is -2.16. The van der Waals surface area contributed by atoms with Gasteiger partial charge in [-0.05, 0) is 26.8 Å². The molecule has 1 N–H and O–H groups in total. The van der Waals surface area contributed by atoms with Crippen LogP contribution in [0.3, 0.4) is 0 Å². The van der Waals surface area contributed by atoms with Crippen LogP contribution >= 0.6 is 0 Å². The first-order chi connectivity index (χ1) is 8.22. The van der Waals surface area contributed by atoms with Crippen LogP contribution in [-0.2, 0) is 19.6 Å². The van der Waals surface area contributed by atoms with Gasteiger partial charge >= 0.3 is 0 Å². The second-order valence-electron chi connectivity index (χ2n) is 4.04. The Kier molecular flexibility index (Phi) is 3.58. The van der Waals surface area contributed by atoms with Crippen LogP contribution in [0, 0.1) is 13.8 Å². The molecule has 0 aliphatic heterocycles. The number of nitrogens with one attached hydrogen (secondary N) is 1. The van der Waals surface area contributed by atoms with Gasteiger partial charge in [-0.2, -0.15) is 5.10 Å². The molecule has 92 valence electrons. The van der Waals surface area contributed by atoms with Gasteiger partial charge in [-0.1, -0.05) is 5.16 Å². The zero-order valence-corrected chi connectivity index (χ0v) is 10.5.